The number of hydrogen-bond donors (Lipinski definition) is 2. The van der Waals surface area contributed by atoms with Gasteiger partial charge in [0.05, 0.1) is 23.0 Å². The Labute approximate surface area is 244 Å². The van der Waals surface area contributed by atoms with E-state index in [1.54, 1.807) is 41.5 Å². The molecule has 2 atom stereocenters. The Morgan fingerprint density at radius 1 is 0.561 bits per heavy atom. The van der Waals surface area contributed by atoms with Crippen LogP contribution in [0.5, 0.6) is 0 Å². The number of carbonyl (C=O) groups is 4. The molecule has 0 amide bonds. The maximum absolute atomic E-state index is 12.5. The van der Waals surface area contributed by atoms with Crippen molar-refractivity contribution in [3.8, 4) is 0 Å². The molecule has 0 aromatic rings. The van der Waals surface area contributed by atoms with Crippen LogP contribution in [0.3, 0.4) is 0 Å². The van der Waals surface area contributed by atoms with Gasteiger partial charge in [-0.2, -0.15) is 43.9 Å². The minimum atomic E-state index is -5.88. The van der Waals surface area contributed by atoms with Crippen molar-refractivity contribution in [2.75, 3.05) is 0 Å². The molecule has 0 spiro atoms. The van der Waals surface area contributed by atoms with Gasteiger partial charge in [-0.15, -0.1) is 0 Å². The number of aliphatic carboxylic acids is 2. The minimum Gasteiger partial charge on any atom is -0.550 e. The number of carboxylic acid groups (broad SMARTS) is 2. The first kappa shape index (κ1) is 48.9. The summed E-state index contributed by atoms with van der Waals surface area (Å²) < 4.78 is 120. The summed E-state index contributed by atoms with van der Waals surface area (Å²) in [6.45, 7) is 11.1. The molecule has 0 aliphatic rings. The number of carboxylic acids is 2. The fraction of sp³-hybridized carbons (Fsp3) is 0.818. The number of aliphatic hydroxyl groups is 2. The Bertz CT molecular complexity index is 750. The predicted octanol–water partition coefficient (Wildman–Crippen LogP) is 2.61. The van der Waals surface area contributed by atoms with E-state index in [4.69, 9.17) is 10.2 Å². The average Bonchev–Trinajstić information content (AvgIpc) is 2.61. The van der Waals surface area contributed by atoms with E-state index in [1.165, 1.54) is 0 Å². The third-order valence-electron chi connectivity index (χ3n) is 3.45. The number of rotatable bonds is 8. The summed E-state index contributed by atoms with van der Waals surface area (Å²) in [7, 11) is 0. The summed E-state index contributed by atoms with van der Waals surface area (Å²) in [5, 5.41) is 36.7. The van der Waals surface area contributed by atoms with Crippen LogP contribution in [0.4, 0.5) is 43.9 Å². The summed E-state index contributed by atoms with van der Waals surface area (Å²) in [5.41, 5.74) is -1.00. The van der Waals surface area contributed by atoms with Gasteiger partial charge in [0.15, 0.2) is 0 Å². The Morgan fingerprint density at radius 3 is 0.805 bits per heavy atom. The molecule has 0 aliphatic heterocycles. The van der Waals surface area contributed by atoms with Crippen LogP contribution in [0.1, 0.15) is 68.2 Å². The molecule has 242 valence electrons. The average molecular weight is 662 g/mol. The third kappa shape index (κ3) is 25.6. The van der Waals surface area contributed by atoms with Crippen LogP contribution in [0.2, 0.25) is 0 Å². The summed E-state index contributed by atoms with van der Waals surface area (Å²) in [6, 6.07) is 0. The van der Waals surface area contributed by atoms with Crippen LogP contribution in [0.15, 0.2) is 0 Å². The maximum Gasteiger partial charge on any atom is 2.00 e. The standard InChI is InChI=1S/2C7H7F5O3.2C4H10O.Ti/c2*1-3(4(13)2-5(14)15)6(8,9)7(10,11)12;2*1-4(2,3)5;/h2*3H,2H2,1H3,(H,14,15);2*5H,1-3H3;/q;;;;+2/p-2. The Morgan fingerprint density at radius 2 is 0.707 bits per heavy atom. The van der Waals surface area contributed by atoms with Gasteiger partial charge >= 0.3 is 45.9 Å². The van der Waals surface area contributed by atoms with Gasteiger partial charge in [-0.3, -0.25) is 9.59 Å². The van der Waals surface area contributed by atoms with Crippen LogP contribution in [0, 0.1) is 11.8 Å². The molecule has 0 saturated heterocycles. The zero-order chi connectivity index (χ0) is 33.9. The second-order valence-electron chi connectivity index (χ2n) is 10.1. The van der Waals surface area contributed by atoms with Crippen molar-refractivity contribution in [2.24, 2.45) is 11.8 Å². The summed E-state index contributed by atoms with van der Waals surface area (Å²) in [5.74, 6) is -23.4. The first-order chi connectivity index (χ1) is 17.0. The van der Waals surface area contributed by atoms with Gasteiger partial charge in [0.25, 0.3) is 0 Å². The number of carbonyl (C=O) groups excluding carboxylic acids is 4. The molecule has 8 nitrogen and oxygen atoms in total. The minimum absolute atomic E-state index is 0. The molecule has 0 aromatic carbocycles. The van der Waals surface area contributed by atoms with Gasteiger partial charge < -0.3 is 30.0 Å². The van der Waals surface area contributed by atoms with Crippen molar-refractivity contribution in [3.05, 3.63) is 0 Å². The zero-order valence-electron chi connectivity index (χ0n) is 23.2. The van der Waals surface area contributed by atoms with E-state index in [2.05, 4.69) is 0 Å². The molecular weight excluding hydrogens is 630 g/mol. The Hall–Kier alpha value is -1.79. The fourth-order valence-electron chi connectivity index (χ4n) is 1.49. The van der Waals surface area contributed by atoms with Crippen molar-refractivity contribution in [1.29, 1.82) is 0 Å². The number of alkyl halides is 10. The van der Waals surface area contributed by atoms with Gasteiger partial charge in [0.2, 0.25) is 0 Å². The number of ketones is 2. The van der Waals surface area contributed by atoms with E-state index in [0.717, 1.165) is 0 Å². The van der Waals surface area contributed by atoms with Crippen molar-refractivity contribution in [1.82, 2.24) is 0 Å². The summed E-state index contributed by atoms with van der Waals surface area (Å²) >= 11 is 0. The second-order valence-corrected chi connectivity index (χ2v) is 10.1. The van der Waals surface area contributed by atoms with Crippen molar-refractivity contribution < 1.29 is 105 Å². The van der Waals surface area contributed by atoms with Crippen LogP contribution in [-0.2, 0) is 40.9 Å². The SMILES string of the molecule is CC(C(=O)CC(=O)[O-])C(F)(F)C(F)(F)F.CC(C(=O)CC(=O)[O-])C(F)(F)C(F)(F)F.CC(C)(C)O.CC(C)(C)O.[Ti+2]. The molecule has 0 heterocycles. The number of halogens is 10. The Kier molecular flexibility index (Phi) is 21.5. The summed E-state index contributed by atoms with van der Waals surface area (Å²) in [6.07, 6.45) is -14.7. The molecule has 0 aliphatic carbocycles. The van der Waals surface area contributed by atoms with Crippen LogP contribution in [0.25, 0.3) is 0 Å². The van der Waals surface area contributed by atoms with Crippen molar-refractivity contribution >= 4 is 23.5 Å². The molecule has 0 aromatic heterocycles. The topological polar surface area (TPSA) is 155 Å². The fourth-order valence-corrected chi connectivity index (χ4v) is 1.49. The van der Waals surface area contributed by atoms with Crippen LogP contribution < -0.4 is 10.2 Å². The monoisotopic (exact) mass is 662 g/mol. The van der Waals surface area contributed by atoms with Gasteiger partial charge in [0.1, 0.15) is 11.6 Å². The quantitative estimate of drug-likeness (QED) is 0.229. The van der Waals surface area contributed by atoms with Gasteiger partial charge in [-0.25, -0.2) is 0 Å². The van der Waals surface area contributed by atoms with Gasteiger partial charge in [-0.1, -0.05) is 0 Å². The van der Waals surface area contributed by atoms with E-state index in [0.29, 0.717) is 13.8 Å². The Balaban J connectivity index is -0.000000156. The van der Waals surface area contributed by atoms with Crippen LogP contribution in [-0.4, -0.2) is 69.1 Å². The smallest absolute Gasteiger partial charge is 0.550 e. The van der Waals surface area contributed by atoms with Crippen LogP contribution >= 0.6 is 0 Å². The molecule has 41 heavy (non-hydrogen) atoms. The first-order valence-corrected chi connectivity index (χ1v) is 10.8. The van der Waals surface area contributed by atoms with E-state index in [1.807, 2.05) is 0 Å². The number of Topliss-reactive ketones (excluding diaryl/α,β-unsaturated/α-hetero) is 2. The number of hydrogen-bond acceptors (Lipinski definition) is 8. The van der Waals surface area contributed by atoms with Gasteiger partial charge in [0, 0.05) is 24.8 Å². The van der Waals surface area contributed by atoms with E-state index in [-0.39, 0.29) is 21.7 Å². The normalized spacial score (nSPS) is 13.8. The second kappa shape index (κ2) is 18.0. The largest absolute Gasteiger partial charge is 2.00 e. The predicted molar refractivity (Wildman–Crippen MR) is 114 cm³/mol. The molecule has 19 heteroatoms. The molecule has 0 bridgehead atoms. The zero-order valence-corrected chi connectivity index (χ0v) is 24.8. The maximum atomic E-state index is 12.5. The molecular formula is C22H32F10O8Ti. The third-order valence-corrected chi connectivity index (χ3v) is 3.45. The summed E-state index contributed by atoms with van der Waals surface area (Å²) in [4.78, 5) is 41.0. The molecule has 2 N–H and O–H groups in total. The van der Waals surface area contributed by atoms with Gasteiger partial charge in [-0.05, 0) is 55.4 Å². The molecule has 0 fully saturated rings. The van der Waals surface area contributed by atoms with Crippen molar-refractivity contribution in [3.63, 3.8) is 0 Å². The molecule has 2 unspecified atom stereocenters. The molecule has 0 rings (SSSR count). The molecule has 0 saturated carbocycles. The van der Waals surface area contributed by atoms with Crippen molar-refractivity contribution in [2.45, 2.75) is 104 Å². The molecule has 0 radical (unpaired) electrons. The van der Waals surface area contributed by atoms with E-state index < -0.39 is 83.6 Å². The van der Waals surface area contributed by atoms with E-state index in [9.17, 15) is 73.3 Å². The first-order valence-electron chi connectivity index (χ1n) is 10.8. The van der Waals surface area contributed by atoms with E-state index >= 15 is 0 Å².